The van der Waals surface area contributed by atoms with Gasteiger partial charge in [0.1, 0.15) is 5.82 Å². The lowest BCUT2D eigenvalue weighted by Crippen LogP contribution is -2.19. The molecule has 0 bridgehead atoms. The molecular weight excluding hydrogens is 361 g/mol. The van der Waals surface area contributed by atoms with Gasteiger partial charge in [0.2, 0.25) is 0 Å². The zero-order chi connectivity index (χ0) is 16.5. The molecule has 1 aliphatic heterocycles. The van der Waals surface area contributed by atoms with Gasteiger partial charge in [0.05, 0.1) is 21.7 Å². The van der Waals surface area contributed by atoms with Crippen molar-refractivity contribution >= 4 is 46.1 Å². The Bertz CT molecular complexity index is 875. The third-order valence-electron chi connectivity index (χ3n) is 3.93. The number of thiophene rings is 1. The first-order valence-electron chi connectivity index (χ1n) is 7.49. The standard InChI is InChI=1S/C18H13Cl2N3S/c19-13-6-4-12(5-7-13)16-11-15(18-14(20)8-10-24-18)22-23(16)17-3-1-2-9-21-17/h1-10,16H,11H2. The largest absolute Gasteiger partial charge is 0.240 e. The molecule has 0 N–H and O–H groups in total. The Morgan fingerprint density at radius 3 is 2.54 bits per heavy atom. The number of hydrazone groups is 1. The molecule has 1 atom stereocenters. The van der Waals surface area contributed by atoms with Crippen LogP contribution in [0.3, 0.4) is 0 Å². The molecule has 0 saturated carbocycles. The first-order chi connectivity index (χ1) is 11.7. The number of pyridine rings is 1. The van der Waals surface area contributed by atoms with Crippen LogP contribution in [-0.4, -0.2) is 10.7 Å². The minimum Gasteiger partial charge on any atom is -0.240 e. The Morgan fingerprint density at radius 2 is 1.88 bits per heavy atom. The maximum absolute atomic E-state index is 6.31. The van der Waals surface area contributed by atoms with Crippen molar-refractivity contribution in [2.75, 3.05) is 5.01 Å². The second-order valence-corrected chi connectivity index (χ2v) is 7.21. The number of hydrogen-bond donors (Lipinski definition) is 0. The van der Waals surface area contributed by atoms with Crippen molar-refractivity contribution in [2.24, 2.45) is 5.10 Å². The fraction of sp³-hybridized carbons (Fsp3) is 0.111. The normalized spacial score (nSPS) is 17.2. The van der Waals surface area contributed by atoms with Gasteiger partial charge in [-0.1, -0.05) is 41.4 Å². The van der Waals surface area contributed by atoms with Crippen LogP contribution in [0.25, 0.3) is 0 Å². The lowest BCUT2D eigenvalue weighted by atomic mass is 10.0. The van der Waals surface area contributed by atoms with Crippen LogP contribution in [-0.2, 0) is 0 Å². The van der Waals surface area contributed by atoms with E-state index in [1.165, 1.54) is 0 Å². The van der Waals surface area contributed by atoms with Crippen LogP contribution in [0.2, 0.25) is 10.0 Å². The van der Waals surface area contributed by atoms with Crippen LogP contribution in [0.5, 0.6) is 0 Å². The predicted molar refractivity (Wildman–Crippen MR) is 101 cm³/mol. The van der Waals surface area contributed by atoms with E-state index >= 15 is 0 Å². The number of nitrogens with zero attached hydrogens (tertiary/aromatic N) is 3. The molecule has 0 amide bonds. The highest BCUT2D eigenvalue weighted by molar-refractivity contribution is 7.12. The molecule has 1 aliphatic rings. The van der Waals surface area contributed by atoms with E-state index < -0.39 is 0 Å². The molecule has 3 aromatic rings. The summed E-state index contributed by atoms with van der Waals surface area (Å²) in [5.41, 5.74) is 2.14. The summed E-state index contributed by atoms with van der Waals surface area (Å²) in [6.07, 6.45) is 2.55. The molecule has 4 rings (SSSR count). The first-order valence-corrected chi connectivity index (χ1v) is 9.12. The molecule has 24 heavy (non-hydrogen) atoms. The smallest absolute Gasteiger partial charge is 0.149 e. The van der Waals surface area contributed by atoms with Gasteiger partial charge in [-0.05, 0) is 41.3 Å². The topological polar surface area (TPSA) is 28.5 Å². The van der Waals surface area contributed by atoms with Crippen molar-refractivity contribution in [3.8, 4) is 0 Å². The summed E-state index contributed by atoms with van der Waals surface area (Å²) in [5, 5.41) is 10.2. The van der Waals surface area contributed by atoms with Gasteiger partial charge in [0, 0.05) is 17.6 Å². The van der Waals surface area contributed by atoms with Crippen LogP contribution >= 0.6 is 34.5 Å². The molecule has 120 valence electrons. The SMILES string of the molecule is Clc1ccc(C2CC(c3sccc3Cl)=NN2c2ccccn2)cc1. The number of anilines is 1. The fourth-order valence-electron chi connectivity index (χ4n) is 2.79. The summed E-state index contributed by atoms with van der Waals surface area (Å²) in [5.74, 6) is 0.820. The summed E-state index contributed by atoms with van der Waals surface area (Å²) in [6.45, 7) is 0. The highest BCUT2D eigenvalue weighted by Gasteiger charge is 2.31. The predicted octanol–water partition coefficient (Wildman–Crippen LogP) is 5.81. The maximum atomic E-state index is 6.31. The second-order valence-electron chi connectivity index (χ2n) is 5.45. The molecule has 1 aromatic carbocycles. The van der Waals surface area contributed by atoms with Crippen LogP contribution in [0.15, 0.2) is 65.2 Å². The summed E-state index contributed by atoms with van der Waals surface area (Å²) in [4.78, 5) is 5.48. The van der Waals surface area contributed by atoms with E-state index in [1.54, 1.807) is 17.5 Å². The van der Waals surface area contributed by atoms with Gasteiger partial charge in [0.25, 0.3) is 0 Å². The third-order valence-corrected chi connectivity index (χ3v) is 5.57. The number of aromatic nitrogens is 1. The first kappa shape index (κ1) is 15.6. The Labute approximate surface area is 154 Å². The van der Waals surface area contributed by atoms with Crippen LogP contribution < -0.4 is 5.01 Å². The number of benzene rings is 1. The van der Waals surface area contributed by atoms with Crippen molar-refractivity contribution in [2.45, 2.75) is 12.5 Å². The van der Waals surface area contributed by atoms with E-state index in [0.717, 1.165) is 38.4 Å². The van der Waals surface area contributed by atoms with Crippen molar-refractivity contribution in [3.63, 3.8) is 0 Å². The highest BCUT2D eigenvalue weighted by Crippen LogP contribution is 2.38. The van der Waals surface area contributed by atoms with E-state index in [-0.39, 0.29) is 6.04 Å². The van der Waals surface area contributed by atoms with Gasteiger partial charge in [0.15, 0.2) is 0 Å². The molecular formula is C18H13Cl2N3S. The lowest BCUT2D eigenvalue weighted by molar-refractivity contribution is 0.699. The van der Waals surface area contributed by atoms with E-state index in [0.29, 0.717) is 0 Å². The molecule has 0 fully saturated rings. The van der Waals surface area contributed by atoms with Crippen molar-refractivity contribution in [1.82, 2.24) is 4.98 Å². The Kier molecular flexibility index (Phi) is 4.27. The third kappa shape index (κ3) is 2.93. The molecule has 3 heterocycles. The lowest BCUT2D eigenvalue weighted by Gasteiger charge is -2.22. The number of hydrogen-bond acceptors (Lipinski definition) is 4. The van der Waals surface area contributed by atoms with Gasteiger partial charge < -0.3 is 0 Å². The van der Waals surface area contributed by atoms with Crippen molar-refractivity contribution in [3.05, 3.63) is 80.6 Å². The van der Waals surface area contributed by atoms with Crippen LogP contribution in [0.1, 0.15) is 22.9 Å². The molecule has 6 heteroatoms. The maximum Gasteiger partial charge on any atom is 0.149 e. The molecule has 0 saturated heterocycles. The minimum atomic E-state index is 0.0744. The van der Waals surface area contributed by atoms with Crippen molar-refractivity contribution < 1.29 is 0 Å². The zero-order valence-corrected chi connectivity index (χ0v) is 14.9. The minimum absolute atomic E-state index is 0.0744. The van der Waals surface area contributed by atoms with E-state index in [9.17, 15) is 0 Å². The van der Waals surface area contributed by atoms with Gasteiger partial charge >= 0.3 is 0 Å². The fourth-order valence-corrected chi connectivity index (χ4v) is 4.08. The van der Waals surface area contributed by atoms with E-state index in [1.807, 2.05) is 58.9 Å². The monoisotopic (exact) mass is 373 g/mol. The van der Waals surface area contributed by atoms with Gasteiger partial charge in [-0.2, -0.15) is 5.10 Å². The summed E-state index contributed by atoms with van der Waals surface area (Å²) >= 11 is 14.0. The highest BCUT2D eigenvalue weighted by atomic mass is 35.5. The quantitative estimate of drug-likeness (QED) is 0.579. The van der Waals surface area contributed by atoms with Gasteiger partial charge in [-0.15, -0.1) is 11.3 Å². The summed E-state index contributed by atoms with van der Waals surface area (Å²) in [6, 6.07) is 15.7. The van der Waals surface area contributed by atoms with E-state index in [2.05, 4.69) is 4.98 Å². The summed E-state index contributed by atoms with van der Waals surface area (Å²) in [7, 11) is 0. The molecule has 0 aliphatic carbocycles. The van der Waals surface area contributed by atoms with Crippen LogP contribution in [0, 0.1) is 0 Å². The average molecular weight is 374 g/mol. The Hall–Kier alpha value is -1.88. The van der Waals surface area contributed by atoms with Gasteiger partial charge in [-0.3, -0.25) is 0 Å². The van der Waals surface area contributed by atoms with Gasteiger partial charge in [-0.25, -0.2) is 9.99 Å². The molecule has 1 unspecified atom stereocenters. The molecule has 3 nitrogen and oxygen atoms in total. The molecule has 0 spiro atoms. The summed E-state index contributed by atoms with van der Waals surface area (Å²) < 4.78 is 0. The number of rotatable bonds is 3. The van der Waals surface area contributed by atoms with E-state index in [4.69, 9.17) is 28.3 Å². The van der Waals surface area contributed by atoms with Crippen molar-refractivity contribution in [1.29, 1.82) is 0 Å². The average Bonchev–Trinajstić information content (AvgIpc) is 3.22. The Morgan fingerprint density at radius 1 is 1.04 bits per heavy atom. The zero-order valence-electron chi connectivity index (χ0n) is 12.6. The second kappa shape index (κ2) is 6.55. The molecule has 0 radical (unpaired) electrons. The molecule has 2 aromatic heterocycles. The number of halogens is 2. The Balaban J connectivity index is 1.76. The van der Waals surface area contributed by atoms with Crippen LogP contribution in [0.4, 0.5) is 5.82 Å².